The van der Waals surface area contributed by atoms with Crippen molar-refractivity contribution >= 4 is 0 Å². The van der Waals surface area contributed by atoms with Gasteiger partial charge in [0.25, 0.3) is 0 Å². The van der Waals surface area contributed by atoms with Crippen LogP contribution in [0.4, 0.5) is 4.39 Å². The van der Waals surface area contributed by atoms with Gasteiger partial charge >= 0.3 is 0 Å². The van der Waals surface area contributed by atoms with Gasteiger partial charge in [0.1, 0.15) is 61.6 Å². The lowest BCUT2D eigenvalue weighted by Crippen LogP contribution is -2.77. The summed E-state index contributed by atoms with van der Waals surface area (Å²) in [5.74, 6) is 0. The molecule has 0 radical (unpaired) electrons. The summed E-state index contributed by atoms with van der Waals surface area (Å²) in [7, 11) is 0. The summed E-state index contributed by atoms with van der Waals surface area (Å²) in [5.41, 5.74) is -2.76. The van der Waals surface area contributed by atoms with Gasteiger partial charge in [-0.2, -0.15) is 0 Å². The Labute approximate surface area is 176 Å². The molecule has 0 bridgehead atoms. The number of aliphatic hydroxyl groups is 9. The van der Waals surface area contributed by atoms with Crippen molar-refractivity contribution in [3.63, 3.8) is 0 Å². The molecule has 0 spiro atoms. The van der Waals surface area contributed by atoms with E-state index >= 15 is 0 Å². The van der Waals surface area contributed by atoms with Crippen molar-refractivity contribution in [3.05, 3.63) is 0 Å². The summed E-state index contributed by atoms with van der Waals surface area (Å²) < 4.78 is 29.3. The van der Waals surface area contributed by atoms with Gasteiger partial charge in [-0.1, -0.05) is 0 Å². The van der Waals surface area contributed by atoms with Gasteiger partial charge in [-0.15, -0.1) is 0 Å². The highest BCUT2D eigenvalue weighted by molar-refractivity contribution is 5.12. The second kappa shape index (κ2) is 9.72. The van der Waals surface area contributed by atoms with Gasteiger partial charge in [0.15, 0.2) is 11.9 Å². The highest BCUT2D eigenvalue weighted by Crippen LogP contribution is 2.39. The molecule has 31 heavy (non-hydrogen) atoms. The zero-order valence-electron chi connectivity index (χ0n) is 16.4. The Kier molecular flexibility index (Phi) is 7.85. The average molecular weight is 459 g/mol. The summed E-state index contributed by atoms with van der Waals surface area (Å²) in [6.45, 7) is -2.64. The molecule has 3 saturated heterocycles. The van der Waals surface area contributed by atoms with Crippen LogP contribution in [0.2, 0.25) is 0 Å². The molecule has 10 N–H and O–H groups in total. The molecular weight excluding hydrogens is 429 g/mol. The van der Waals surface area contributed by atoms with Gasteiger partial charge in [-0.25, -0.2) is 4.39 Å². The van der Waals surface area contributed by atoms with E-state index in [0.717, 1.165) is 0 Å². The van der Waals surface area contributed by atoms with Crippen LogP contribution in [0, 0.1) is 0 Å². The molecule has 0 aromatic carbocycles. The number of hydrogen-bond donors (Lipinski definition) is 10. The van der Waals surface area contributed by atoms with E-state index in [1.54, 1.807) is 0 Å². The van der Waals surface area contributed by atoms with Crippen LogP contribution in [0.1, 0.15) is 0 Å². The van der Waals surface area contributed by atoms with Crippen molar-refractivity contribution < 1.29 is 64.6 Å². The highest BCUT2D eigenvalue weighted by atomic mass is 19.1. The van der Waals surface area contributed by atoms with Crippen LogP contribution < -0.4 is 5.32 Å². The Bertz CT molecular complexity index is 599. The number of rotatable bonds is 6. The van der Waals surface area contributed by atoms with Gasteiger partial charge in [0.05, 0.1) is 25.4 Å². The lowest BCUT2D eigenvalue weighted by Gasteiger charge is -2.54. The number of halogens is 1. The summed E-state index contributed by atoms with van der Waals surface area (Å²) in [6.07, 6.45) is -19.3. The van der Waals surface area contributed by atoms with Gasteiger partial charge in [-0.05, 0) is 0 Å². The molecule has 3 heterocycles. The molecule has 3 rings (SSSR count). The molecule has 3 fully saturated rings. The zero-order chi connectivity index (χ0) is 23.1. The summed E-state index contributed by atoms with van der Waals surface area (Å²) in [4.78, 5) is 0. The van der Waals surface area contributed by atoms with E-state index in [-0.39, 0.29) is 6.54 Å². The van der Waals surface area contributed by atoms with E-state index in [1.165, 1.54) is 0 Å². The topological polar surface area (TPSA) is 222 Å². The fourth-order valence-electron chi connectivity index (χ4n) is 4.36. The highest BCUT2D eigenvalue weighted by Gasteiger charge is 2.64. The lowest BCUT2D eigenvalue weighted by atomic mass is 9.75. The van der Waals surface area contributed by atoms with Crippen LogP contribution in [-0.2, 0) is 14.2 Å². The molecule has 0 amide bonds. The van der Waals surface area contributed by atoms with Crippen LogP contribution in [0.25, 0.3) is 0 Å². The molecule has 182 valence electrons. The molecule has 0 saturated carbocycles. The van der Waals surface area contributed by atoms with Crippen LogP contribution >= 0.6 is 0 Å². The Morgan fingerprint density at radius 1 is 0.935 bits per heavy atom. The third kappa shape index (κ3) is 4.21. The first-order valence-electron chi connectivity index (χ1n) is 9.89. The van der Waals surface area contributed by atoms with Crippen molar-refractivity contribution in [2.24, 2.45) is 0 Å². The molecule has 0 aromatic rings. The first-order chi connectivity index (χ1) is 14.6. The Morgan fingerprint density at radius 3 is 2.19 bits per heavy atom. The number of alkyl halides is 1. The molecule has 3 aliphatic rings. The minimum Gasteiger partial charge on any atom is -0.395 e. The minimum atomic E-state index is -2.76. The third-order valence-corrected chi connectivity index (χ3v) is 6.23. The fraction of sp³-hybridized carbons (Fsp3) is 1.00. The quantitative estimate of drug-likeness (QED) is 0.179. The zero-order valence-corrected chi connectivity index (χ0v) is 16.4. The van der Waals surface area contributed by atoms with Crippen LogP contribution in [0.5, 0.6) is 0 Å². The van der Waals surface area contributed by atoms with Crippen LogP contribution in [-0.4, -0.2) is 151 Å². The van der Waals surface area contributed by atoms with Crippen molar-refractivity contribution in [2.75, 3.05) is 26.4 Å². The predicted octanol–water partition coefficient (Wildman–Crippen LogP) is -6.31. The van der Waals surface area contributed by atoms with E-state index in [9.17, 15) is 50.3 Å². The number of β-amino-alcohol motifs (C(OH)–C–C–N with tert-alkyl or cyclic N) is 1. The Morgan fingerprint density at radius 2 is 1.61 bits per heavy atom. The largest absolute Gasteiger partial charge is 0.395 e. The van der Waals surface area contributed by atoms with E-state index in [0.29, 0.717) is 0 Å². The number of hydrogen-bond acceptors (Lipinski definition) is 13. The van der Waals surface area contributed by atoms with Gasteiger partial charge in [-0.3, -0.25) is 0 Å². The Hall–Kier alpha value is -0.590. The van der Waals surface area contributed by atoms with E-state index in [1.807, 2.05) is 0 Å². The maximum Gasteiger partial charge on any atom is 0.187 e. The summed E-state index contributed by atoms with van der Waals surface area (Å²) in [6, 6.07) is -0.721. The SMILES string of the molecule is OC[C@@H]1NC[C@H](O)[C@@H]1O[C@H]1O[C@H](CO)[C@](O)([C@@H]2O[C@H](CF)[C@@H](O)[C@H](O)[C@H]2O)[C@H](O)[C@H]1O. The first kappa shape index (κ1) is 25.0. The smallest absolute Gasteiger partial charge is 0.187 e. The molecule has 3 aliphatic heterocycles. The molecule has 0 unspecified atom stereocenters. The standard InChI is InChI=1S/C17H30FNO12/c18-1-7-9(23)10(24)11(25)15(29-7)17(28)8(4-21)30-16(12(26)14(17)27)31-13-5(3-20)19-2-6(13)22/h5-16,19-28H,1-4H2/t5-,6-,7+,8+,9+,10-,11+,12+,13+,14+,15+,16+,17+/m0/s1. The van der Waals surface area contributed by atoms with Crippen LogP contribution in [0.15, 0.2) is 0 Å². The van der Waals surface area contributed by atoms with Crippen molar-refractivity contribution in [1.29, 1.82) is 0 Å². The summed E-state index contributed by atoms with van der Waals surface area (Å²) in [5, 5.41) is 94.4. The van der Waals surface area contributed by atoms with E-state index < -0.39 is 98.9 Å². The molecule has 13 atom stereocenters. The molecule has 14 heteroatoms. The predicted molar refractivity (Wildman–Crippen MR) is 95.1 cm³/mol. The van der Waals surface area contributed by atoms with Crippen molar-refractivity contribution in [2.45, 2.75) is 79.0 Å². The first-order valence-corrected chi connectivity index (χ1v) is 9.89. The minimum absolute atomic E-state index is 0.0710. The maximum absolute atomic E-state index is 13.2. The fourth-order valence-corrected chi connectivity index (χ4v) is 4.36. The molecular formula is C17H30FNO12. The number of nitrogens with one attached hydrogen (secondary N) is 1. The molecule has 0 aromatic heterocycles. The molecule has 13 nitrogen and oxygen atoms in total. The van der Waals surface area contributed by atoms with E-state index in [2.05, 4.69) is 5.32 Å². The Balaban J connectivity index is 1.84. The lowest BCUT2D eigenvalue weighted by molar-refractivity contribution is -0.378. The average Bonchev–Trinajstić information content (AvgIpc) is 3.11. The van der Waals surface area contributed by atoms with Crippen molar-refractivity contribution in [1.82, 2.24) is 5.32 Å². The third-order valence-electron chi connectivity index (χ3n) is 6.23. The normalized spacial score (nSPS) is 53.6. The van der Waals surface area contributed by atoms with E-state index in [4.69, 9.17) is 14.2 Å². The number of aliphatic hydroxyl groups excluding tert-OH is 8. The maximum atomic E-state index is 13.2. The van der Waals surface area contributed by atoms with Crippen LogP contribution in [0.3, 0.4) is 0 Å². The second-order valence-corrected chi connectivity index (χ2v) is 8.08. The van der Waals surface area contributed by atoms with Gasteiger partial charge in [0, 0.05) is 6.54 Å². The monoisotopic (exact) mass is 459 g/mol. The van der Waals surface area contributed by atoms with Crippen molar-refractivity contribution in [3.8, 4) is 0 Å². The van der Waals surface area contributed by atoms with Gasteiger partial charge in [0.2, 0.25) is 0 Å². The number of ether oxygens (including phenoxy) is 3. The van der Waals surface area contributed by atoms with Gasteiger partial charge < -0.3 is 65.5 Å². The summed E-state index contributed by atoms with van der Waals surface area (Å²) >= 11 is 0. The molecule has 0 aliphatic carbocycles. The second-order valence-electron chi connectivity index (χ2n) is 8.08.